The van der Waals surface area contributed by atoms with Gasteiger partial charge in [0.1, 0.15) is 10.4 Å². The van der Waals surface area contributed by atoms with Crippen molar-refractivity contribution in [3.05, 3.63) is 72.6 Å². The van der Waals surface area contributed by atoms with Crippen LogP contribution in [-0.4, -0.2) is 21.9 Å². The number of hydrogen-bond donors (Lipinski definition) is 3. The van der Waals surface area contributed by atoms with Crippen LogP contribution in [-0.2, 0) is 4.79 Å². The van der Waals surface area contributed by atoms with Crippen molar-refractivity contribution in [1.29, 1.82) is 0 Å². The number of nitrogens with zero attached hydrogens (tertiary/aromatic N) is 2. The van der Waals surface area contributed by atoms with Crippen LogP contribution in [0.3, 0.4) is 0 Å². The third-order valence-corrected chi connectivity index (χ3v) is 6.66. The maximum absolute atomic E-state index is 11.6. The molecule has 2 aromatic carbocycles. The summed E-state index contributed by atoms with van der Waals surface area (Å²) in [6, 6.07) is 17.8. The van der Waals surface area contributed by atoms with Crippen molar-refractivity contribution in [3.63, 3.8) is 0 Å². The Bertz CT molecular complexity index is 1300. The van der Waals surface area contributed by atoms with Gasteiger partial charge in [-0.15, -0.1) is 11.3 Å². The Morgan fingerprint density at radius 3 is 2.76 bits per heavy atom. The Morgan fingerprint density at radius 2 is 1.97 bits per heavy atom. The lowest BCUT2D eigenvalue weighted by molar-refractivity contribution is -0.111. The van der Waals surface area contributed by atoms with E-state index in [0.29, 0.717) is 29.3 Å². The van der Waals surface area contributed by atoms with Crippen LogP contribution in [0.1, 0.15) is 12.8 Å². The van der Waals surface area contributed by atoms with E-state index in [2.05, 4.69) is 44.0 Å². The highest BCUT2D eigenvalue weighted by Crippen LogP contribution is 2.34. The topological polar surface area (TPSA) is 88.2 Å². The van der Waals surface area contributed by atoms with Crippen LogP contribution in [0.5, 0.6) is 11.6 Å². The molecule has 5 rings (SSSR count). The summed E-state index contributed by atoms with van der Waals surface area (Å²) >= 11 is 3.17. The number of benzene rings is 2. The van der Waals surface area contributed by atoms with Crippen molar-refractivity contribution >= 4 is 56.7 Å². The predicted octanol–water partition coefficient (Wildman–Crippen LogP) is 6.11. The third kappa shape index (κ3) is 5.51. The summed E-state index contributed by atoms with van der Waals surface area (Å²) in [6.45, 7) is 3.47. The minimum absolute atomic E-state index is 0.283. The van der Waals surface area contributed by atoms with Crippen molar-refractivity contribution in [2.24, 2.45) is 0 Å². The molecule has 0 atom stereocenters. The van der Waals surface area contributed by atoms with Gasteiger partial charge in [0.2, 0.25) is 17.7 Å². The minimum atomic E-state index is -0.283. The van der Waals surface area contributed by atoms with Gasteiger partial charge >= 0.3 is 0 Å². The Labute approximate surface area is 199 Å². The summed E-state index contributed by atoms with van der Waals surface area (Å²) < 4.78 is 10.4. The van der Waals surface area contributed by atoms with E-state index in [-0.39, 0.29) is 5.91 Å². The molecule has 9 heteroatoms. The zero-order valence-corrected chi connectivity index (χ0v) is 19.2. The standard InChI is InChI=1S/C24H21N5O2S2/c1-2-21(30)25-17-4-3-5-18(14-17)31-23-22-20(12-13-32-22)27-24(28-23)26-15-8-10-19(11-9-15)33-29-16-6-7-16/h2-5,8-14,16,29H,1,6-7H2,(H,25,30)(H,26,27,28). The zero-order valence-electron chi connectivity index (χ0n) is 17.6. The second kappa shape index (κ2) is 9.62. The van der Waals surface area contributed by atoms with Gasteiger partial charge in [-0.05, 0) is 78.7 Å². The highest BCUT2D eigenvalue weighted by atomic mass is 32.2. The predicted molar refractivity (Wildman–Crippen MR) is 134 cm³/mol. The molecule has 1 amide bonds. The molecule has 2 aromatic heterocycles. The molecular formula is C24H21N5O2S2. The van der Waals surface area contributed by atoms with Gasteiger partial charge in [-0.25, -0.2) is 4.98 Å². The van der Waals surface area contributed by atoms with Crippen LogP contribution >= 0.6 is 23.3 Å². The molecule has 3 N–H and O–H groups in total. The number of rotatable bonds is 9. The highest BCUT2D eigenvalue weighted by molar-refractivity contribution is 7.97. The molecule has 7 nitrogen and oxygen atoms in total. The van der Waals surface area contributed by atoms with E-state index in [4.69, 9.17) is 4.74 Å². The molecule has 0 bridgehead atoms. The summed E-state index contributed by atoms with van der Waals surface area (Å²) in [5.41, 5.74) is 2.30. The van der Waals surface area contributed by atoms with Crippen molar-refractivity contribution in [1.82, 2.24) is 14.7 Å². The number of aromatic nitrogens is 2. The molecule has 4 aromatic rings. The number of carbonyl (C=O) groups excluding carboxylic acids is 1. The number of nitrogens with one attached hydrogen (secondary N) is 3. The second-order valence-corrected chi connectivity index (χ2v) is 9.28. The molecule has 1 aliphatic rings. The first kappa shape index (κ1) is 21.4. The van der Waals surface area contributed by atoms with Crippen LogP contribution in [0.4, 0.5) is 17.3 Å². The molecule has 1 saturated carbocycles. The van der Waals surface area contributed by atoms with E-state index in [0.717, 1.165) is 20.8 Å². The van der Waals surface area contributed by atoms with Gasteiger partial charge in [-0.1, -0.05) is 12.6 Å². The third-order valence-electron chi connectivity index (χ3n) is 4.81. The number of carbonyl (C=O) groups is 1. The summed E-state index contributed by atoms with van der Waals surface area (Å²) in [7, 11) is 0. The fourth-order valence-electron chi connectivity index (χ4n) is 2.99. The molecule has 1 fully saturated rings. The second-order valence-electron chi connectivity index (χ2n) is 7.45. The molecule has 1 aliphatic carbocycles. The Kier molecular flexibility index (Phi) is 6.25. The van der Waals surface area contributed by atoms with E-state index in [1.54, 1.807) is 30.1 Å². The molecule has 0 radical (unpaired) electrons. The smallest absolute Gasteiger partial charge is 0.247 e. The largest absolute Gasteiger partial charge is 0.437 e. The zero-order chi connectivity index (χ0) is 22.6. The maximum Gasteiger partial charge on any atom is 0.247 e. The van der Waals surface area contributed by atoms with Crippen LogP contribution < -0.4 is 20.1 Å². The number of fused-ring (bicyclic) bond motifs is 1. The maximum atomic E-state index is 11.6. The van der Waals surface area contributed by atoms with E-state index in [1.807, 2.05) is 29.6 Å². The fraction of sp³-hybridized carbons (Fsp3) is 0.125. The average molecular weight is 476 g/mol. The van der Waals surface area contributed by atoms with Crippen LogP contribution in [0, 0.1) is 0 Å². The Morgan fingerprint density at radius 1 is 1.12 bits per heavy atom. The quantitative estimate of drug-likeness (QED) is 0.199. The number of anilines is 3. The normalized spacial score (nSPS) is 13.0. The van der Waals surface area contributed by atoms with Crippen molar-refractivity contribution in [2.75, 3.05) is 10.6 Å². The van der Waals surface area contributed by atoms with Crippen LogP contribution in [0.25, 0.3) is 10.2 Å². The van der Waals surface area contributed by atoms with Crippen LogP contribution in [0.15, 0.2) is 77.5 Å². The van der Waals surface area contributed by atoms with E-state index >= 15 is 0 Å². The summed E-state index contributed by atoms with van der Waals surface area (Å²) in [5, 5.41) is 7.95. The van der Waals surface area contributed by atoms with E-state index in [1.165, 1.54) is 30.3 Å². The van der Waals surface area contributed by atoms with Crippen molar-refractivity contribution in [2.45, 2.75) is 23.8 Å². The fourth-order valence-corrected chi connectivity index (χ4v) is 4.56. The molecule has 0 aliphatic heterocycles. The first-order valence-electron chi connectivity index (χ1n) is 10.4. The molecule has 33 heavy (non-hydrogen) atoms. The number of thiophene rings is 1. The molecule has 0 unspecified atom stereocenters. The van der Waals surface area contributed by atoms with Crippen molar-refractivity contribution < 1.29 is 9.53 Å². The number of hydrogen-bond acceptors (Lipinski definition) is 8. The van der Waals surface area contributed by atoms with E-state index < -0.39 is 0 Å². The summed E-state index contributed by atoms with van der Waals surface area (Å²) in [4.78, 5) is 22.0. The molecular weight excluding hydrogens is 454 g/mol. The van der Waals surface area contributed by atoms with Gasteiger partial charge in [-0.3, -0.25) is 9.52 Å². The Balaban J connectivity index is 1.34. The SMILES string of the molecule is C=CC(=O)Nc1cccc(Oc2nc(Nc3ccc(SNC4CC4)cc3)nc3ccsc23)c1. The molecule has 0 saturated heterocycles. The first-order chi connectivity index (χ1) is 16.2. The lowest BCUT2D eigenvalue weighted by atomic mass is 10.3. The van der Waals surface area contributed by atoms with Gasteiger partial charge in [0, 0.05) is 28.4 Å². The van der Waals surface area contributed by atoms with Crippen LogP contribution in [0.2, 0.25) is 0 Å². The minimum Gasteiger partial charge on any atom is -0.437 e. The molecule has 0 spiro atoms. The monoisotopic (exact) mass is 475 g/mol. The van der Waals surface area contributed by atoms with Gasteiger partial charge in [0.05, 0.1) is 5.52 Å². The Hall–Kier alpha value is -3.40. The summed E-state index contributed by atoms with van der Waals surface area (Å²) in [5.74, 6) is 1.17. The van der Waals surface area contributed by atoms with Gasteiger partial charge in [0.25, 0.3) is 0 Å². The lowest BCUT2D eigenvalue weighted by Gasteiger charge is -2.11. The van der Waals surface area contributed by atoms with Gasteiger partial charge < -0.3 is 15.4 Å². The van der Waals surface area contributed by atoms with Crippen molar-refractivity contribution in [3.8, 4) is 11.6 Å². The molecule has 2 heterocycles. The van der Waals surface area contributed by atoms with Gasteiger partial charge in [0.15, 0.2) is 0 Å². The average Bonchev–Trinajstić information content (AvgIpc) is 3.53. The van der Waals surface area contributed by atoms with E-state index in [9.17, 15) is 4.79 Å². The first-order valence-corrected chi connectivity index (χ1v) is 12.1. The van der Waals surface area contributed by atoms with Gasteiger partial charge in [-0.2, -0.15) is 4.98 Å². The number of amides is 1. The number of ether oxygens (including phenoxy) is 1. The highest BCUT2D eigenvalue weighted by Gasteiger charge is 2.20. The lowest BCUT2D eigenvalue weighted by Crippen LogP contribution is -2.07. The summed E-state index contributed by atoms with van der Waals surface area (Å²) in [6.07, 6.45) is 3.74. The molecule has 166 valence electrons.